The number of nitrogens with zero attached hydrogens (tertiary/aromatic N) is 1. The zero-order valence-electron chi connectivity index (χ0n) is 9.29. The van der Waals surface area contributed by atoms with Gasteiger partial charge in [0, 0.05) is 11.8 Å². The normalized spacial score (nSPS) is 28.5. The Morgan fingerprint density at radius 1 is 1.59 bits per heavy atom. The molecule has 17 heavy (non-hydrogen) atoms. The summed E-state index contributed by atoms with van der Waals surface area (Å²) in [6.07, 6.45) is -0.200. The topological polar surface area (TPSA) is 105 Å². The fourth-order valence-electron chi connectivity index (χ4n) is 1.91. The lowest BCUT2D eigenvalue weighted by Gasteiger charge is -2.20. The number of aliphatic hydroxyl groups is 2. The molecular weight excluding hydrogens is 228 g/mol. The molecule has 1 aliphatic heterocycles. The van der Waals surface area contributed by atoms with Crippen LogP contribution in [0.25, 0.3) is 0 Å². The number of aliphatic hydroxyl groups excluding tert-OH is 2. The highest BCUT2D eigenvalue weighted by atomic mass is 16.5. The Hall–Kier alpha value is -1.44. The van der Waals surface area contributed by atoms with E-state index in [1.54, 1.807) is 6.92 Å². The first kappa shape index (κ1) is 12.0. The molecule has 0 radical (unpaired) electrons. The van der Waals surface area contributed by atoms with Crippen molar-refractivity contribution in [1.29, 1.82) is 0 Å². The molecule has 3 N–H and O–H groups in total. The molecule has 2 heterocycles. The van der Waals surface area contributed by atoms with Gasteiger partial charge < -0.3 is 14.9 Å². The Kier molecular flexibility index (Phi) is 3.14. The predicted octanol–water partition coefficient (Wildman–Crippen LogP) is -1.66. The molecule has 1 aromatic heterocycles. The van der Waals surface area contributed by atoms with Crippen molar-refractivity contribution < 1.29 is 14.9 Å². The zero-order valence-corrected chi connectivity index (χ0v) is 9.29. The summed E-state index contributed by atoms with van der Waals surface area (Å²) in [4.78, 5) is 25.0. The molecule has 0 amide bonds. The van der Waals surface area contributed by atoms with Crippen molar-refractivity contribution in [2.24, 2.45) is 5.92 Å². The molecule has 0 bridgehead atoms. The van der Waals surface area contributed by atoms with Crippen molar-refractivity contribution in [3.8, 4) is 0 Å². The monoisotopic (exact) mass is 242 g/mol. The minimum absolute atomic E-state index is 0.0561. The molecule has 1 fully saturated rings. The molecule has 0 aliphatic carbocycles. The van der Waals surface area contributed by atoms with Gasteiger partial charge in [-0.3, -0.25) is 14.3 Å². The van der Waals surface area contributed by atoms with Crippen LogP contribution in [-0.2, 0) is 4.74 Å². The van der Waals surface area contributed by atoms with Crippen molar-refractivity contribution >= 4 is 0 Å². The van der Waals surface area contributed by atoms with Crippen LogP contribution in [0.2, 0.25) is 0 Å². The van der Waals surface area contributed by atoms with Crippen LogP contribution in [0.5, 0.6) is 0 Å². The Morgan fingerprint density at radius 3 is 2.94 bits per heavy atom. The predicted molar refractivity (Wildman–Crippen MR) is 57.6 cm³/mol. The Bertz CT molecular complexity index is 520. The summed E-state index contributed by atoms with van der Waals surface area (Å²) in [6.45, 7) is 1.32. The summed E-state index contributed by atoms with van der Waals surface area (Å²) < 4.78 is 6.45. The summed E-state index contributed by atoms with van der Waals surface area (Å²) in [5.74, 6) is -0.571. The van der Waals surface area contributed by atoms with Gasteiger partial charge in [0.25, 0.3) is 5.56 Å². The third-order valence-corrected chi connectivity index (χ3v) is 2.93. The Morgan fingerprint density at radius 2 is 2.29 bits per heavy atom. The van der Waals surface area contributed by atoms with Gasteiger partial charge in [0.15, 0.2) is 0 Å². The second-order valence-corrected chi connectivity index (χ2v) is 4.12. The molecule has 3 atom stereocenters. The van der Waals surface area contributed by atoms with Crippen molar-refractivity contribution in [1.82, 2.24) is 9.55 Å². The molecule has 0 spiro atoms. The number of nitrogens with one attached hydrogen (secondary N) is 1. The van der Waals surface area contributed by atoms with Gasteiger partial charge >= 0.3 is 5.69 Å². The van der Waals surface area contributed by atoms with Crippen molar-refractivity contribution in [2.75, 3.05) is 13.2 Å². The molecule has 7 nitrogen and oxygen atoms in total. The van der Waals surface area contributed by atoms with Crippen LogP contribution in [0.1, 0.15) is 11.8 Å². The standard InChI is InChI=1S/C10H14N2O5/c1-5-2-12(10(16)11-8(5)15)9-6(3-13)7(14)4-17-9/h2,6-7,9,13-14H,3-4H2,1H3,(H,11,15,16)/t6-,7+,9+/m1/s1. The van der Waals surface area contributed by atoms with E-state index in [2.05, 4.69) is 4.98 Å². The fourth-order valence-corrected chi connectivity index (χ4v) is 1.91. The number of H-pyrrole nitrogens is 1. The first-order valence-corrected chi connectivity index (χ1v) is 5.27. The summed E-state index contributed by atoms with van der Waals surface area (Å²) >= 11 is 0. The Labute approximate surface area is 96.3 Å². The summed E-state index contributed by atoms with van der Waals surface area (Å²) in [5, 5.41) is 18.7. The molecule has 1 aliphatic rings. The quantitative estimate of drug-likeness (QED) is 0.576. The highest BCUT2D eigenvalue weighted by Crippen LogP contribution is 2.28. The SMILES string of the molecule is Cc1cn([C@H]2OC[C@H](O)[C@H]2CO)c(=O)[nH]c1=O. The average Bonchev–Trinajstić information content (AvgIpc) is 2.64. The van der Waals surface area contributed by atoms with Crippen LogP contribution in [0, 0.1) is 12.8 Å². The number of ether oxygens (including phenoxy) is 1. The molecule has 7 heteroatoms. The van der Waals surface area contributed by atoms with Crippen LogP contribution in [0.15, 0.2) is 15.8 Å². The van der Waals surface area contributed by atoms with E-state index in [0.29, 0.717) is 5.56 Å². The van der Waals surface area contributed by atoms with Gasteiger partial charge in [-0.1, -0.05) is 0 Å². The van der Waals surface area contributed by atoms with Gasteiger partial charge in [0.1, 0.15) is 6.23 Å². The number of rotatable bonds is 2. The van der Waals surface area contributed by atoms with Gasteiger partial charge in [-0.2, -0.15) is 0 Å². The van der Waals surface area contributed by atoms with E-state index in [9.17, 15) is 14.7 Å². The maximum Gasteiger partial charge on any atom is 0.330 e. The molecule has 2 rings (SSSR count). The lowest BCUT2D eigenvalue weighted by Crippen LogP contribution is -2.37. The number of aromatic nitrogens is 2. The Balaban J connectivity index is 2.44. The van der Waals surface area contributed by atoms with Crippen LogP contribution >= 0.6 is 0 Å². The van der Waals surface area contributed by atoms with Crippen molar-refractivity contribution in [3.63, 3.8) is 0 Å². The van der Waals surface area contributed by atoms with E-state index in [1.165, 1.54) is 10.8 Å². The van der Waals surface area contributed by atoms with Crippen LogP contribution in [0.4, 0.5) is 0 Å². The first-order valence-electron chi connectivity index (χ1n) is 5.27. The second kappa shape index (κ2) is 4.44. The lowest BCUT2D eigenvalue weighted by atomic mass is 10.1. The number of aryl methyl sites for hydroxylation is 1. The van der Waals surface area contributed by atoms with E-state index in [4.69, 9.17) is 9.84 Å². The maximum absolute atomic E-state index is 11.6. The highest BCUT2D eigenvalue weighted by Gasteiger charge is 2.37. The van der Waals surface area contributed by atoms with Gasteiger partial charge in [-0.05, 0) is 6.92 Å². The van der Waals surface area contributed by atoms with E-state index in [0.717, 1.165) is 0 Å². The van der Waals surface area contributed by atoms with E-state index in [-0.39, 0.29) is 13.2 Å². The van der Waals surface area contributed by atoms with E-state index >= 15 is 0 Å². The van der Waals surface area contributed by atoms with Crippen molar-refractivity contribution in [3.05, 3.63) is 32.6 Å². The highest BCUT2D eigenvalue weighted by molar-refractivity contribution is 5.02. The molecule has 0 aromatic carbocycles. The van der Waals surface area contributed by atoms with Crippen LogP contribution < -0.4 is 11.2 Å². The second-order valence-electron chi connectivity index (χ2n) is 4.12. The molecule has 0 saturated carbocycles. The largest absolute Gasteiger partial charge is 0.396 e. The third kappa shape index (κ3) is 2.04. The molecular formula is C10H14N2O5. The minimum Gasteiger partial charge on any atom is -0.396 e. The van der Waals surface area contributed by atoms with Gasteiger partial charge in [-0.25, -0.2) is 4.79 Å². The molecule has 94 valence electrons. The number of hydrogen-bond donors (Lipinski definition) is 3. The van der Waals surface area contributed by atoms with E-state index < -0.39 is 29.5 Å². The fraction of sp³-hybridized carbons (Fsp3) is 0.600. The minimum atomic E-state index is -0.816. The number of aromatic amines is 1. The zero-order chi connectivity index (χ0) is 12.6. The molecule has 0 unspecified atom stereocenters. The molecule has 1 aromatic rings. The molecule has 1 saturated heterocycles. The van der Waals surface area contributed by atoms with Gasteiger partial charge in [0.2, 0.25) is 0 Å². The summed E-state index contributed by atoms with van der Waals surface area (Å²) in [7, 11) is 0. The smallest absolute Gasteiger partial charge is 0.330 e. The summed E-state index contributed by atoms with van der Waals surface area (Å²) in [6, 6.07) is 0. The number of hydrogen-bond acceptors (Lipinski definition) is 5. The third-order valence-electron chi connectivity index (χ3n) is 2.93. The van der Waals surface area contributed by atoms with Crippen molar-refractivity contribution in [2.45, 2.75) is 19.3 Å². The average molecular weight is 242 g/mol. The van der Waals surface area contributed by atoms with Gasteiger partial charge in [0.05, 0.1) is 25.2 Å². The van der Waals surface area contributed by atoms with Crippen LogP contribution in [0.3, 0.4) is 0 Å². The van der Waals surface area contributed by atoms with E-state index in [1.807, 2.05) is 0 Å². The summed E-state index contributed by atoms with van der Waals surface area (Å²) in [5.41, 5.74) is -0.699. The first-order chi connectivity index (χ1) is 8.04. The maximum atomic E-state index is 11.6. The van der Waals surface area contributed by atoms with Gasteiger partial charge in [-0.15, -0.1) is 0 Å². The lowest BCUT2D eigenvalue weighted by molar-refractivity contribution is 0.0128. The van der Waals surface area contributed by atoms with Crippen LogP contribution in [-0.4, -0.2) is 39.1 Å².